The predicted octanol–water partition coefficient (Wildman–Crippen LogP) is -0.525. The minimum atomic E-state index is -4.70. The van der Waals surface area contributed by atoms with Crippen molar-refractivity contribution in [3.05, 3.63) is 33.9 Å². The topological polar surface area (TPSA) is 185 Å². The van der Waals surface area contributed by atoms with Crippen molar-refractivity contribution in [2.45, 2.75) is 18.9 Å². The Morgan fingerprint density at radius 3 is 2.92 bits per heavy atom. The van der Waals surface area contributed by atoms with E-state index in [1.54, 1.807) is 13.2 Å². The largest absolute Gasteiger partial charge is 0.510 e. The number of nitrogens with one attached hydrogen (secondary N) is 2. The van der Waals surface area contributed by atoms with E-state index in [1.807, 2.05) is 0 Å². The van der Waals surface area contributed by atoms with E-state index in [-0.39, 0.29) is 17.4 Å². The third-order valence-electron chi connectivity index (χ3n) is 3.76. The minimum Gasteiger partial charge on any atom is -0.510 e. The number of nitrogen functional groups attached to an aromatic ring is 1. The van der Waals surface area contributed by atoms with Gasteiger partial charge in [0, 0.05) is 18.8 Å². The van der Waals surface area contributed by atoms with Crippen molar-refractivity contribution in [3.8, 4) is 0 Å². The first-order chi connectivity index (χ1) is 12.2. The number of aliphatic hydroxyl groups is 1. The number of hydrogen-bond donors (Lipinski definition) is 6. The Morgan fingerprint density at radius 1 is 1.54 bits per heavy atom. The highest BCUT2D eigenvalue weighted by atomic mass is 31.2. The number of anilines is 1. The maximum Gasteiger partial charge on any atom is 0.469 e. The molecular weight excluding hydrogens is 369 g/mol. The molecule has 0 fully saturated rings. The third kappa shape index (κ3) is 3.65. The van der Waals surface area contributed by atoms with Gasteiger partial charge in [0.2, 0.25) is 5.95 Å². The minimum absolute atomic E-state index is 0.0783. The van der Waals surface area contributed by atoms with Crippen molar-refractivity contribution < 1.29 is 28.7 Å². The van der Waals surface area contributed by atoms with Crippen LogP contribution in [0, 0.1) is 0 Å². The standard InChI is InChI=1S/C13H18N5O7P/c1-15-3-6-4-18(11-10(6)12(20)17-13(14)16-11)9-2-7(19)8(25-9)5-24-26(21,22)23/h2,4,8-9,15,19H,3,5H2,1H3,(H2,21,22,23)(H3,14,16,17,20). The van der Waals surface area contributed by atoms with Gasteiger partial charge in [0.1, 0.15) is 11.9 Å². The summed E-state index contributed by atoms with van der Waals surface area (Å²) in [6.45, 7) is -0.160. The summed E-state index contributed by atoms with van der Waals surface area (Å²) in [5, 5.41) is 13.2. The average Bonchev–Trinajstić information content (AvgIpc) is 3.06. The zero-order valence-electron chi connectivity index (χ0n) is 13.6. The summed E-state index contributed by atoms with van der Waals surface area (Å²) in [6.07, 6.45) is 1.03. The highest BCUT2D eigenvalue weighted by Gasteiger charge is 2.32. The van der Waals surface area contributed by atoms with Gasteiger partial charge < -0.3 is 35.2 Å². The number of rotatable bonds is 6. The Kier molecular flexibility index (Phi) is 4.88. The molecule has 0 aromatic carbocycles. The first kappa shape index (κ1) is 18.6. The van der Waals surface area contributed by atoms with E-state index in [2.05, 4.69) is 19.8 Å². The molecule has 2 atom stereocenters. The molecule has 0 saturated heterocycles. The van der Waals surface area contributed by atoms with E-state index in [1.165, 1.54) is 10.6 Å². The van der Waals surface area contributed by atoms with Gasteiger partial charge in [0.25, 0.3) is 5.56 Å². The van der Waals surface area contributed by atoms with Crippen LogP contribution in [0.15, 0.2) is 22.8 Å². The highest BCUT2D eigenvalue weighted by Crippen LogP contribution is 2.38. The highest BCUT2D eigenvalue weighted by molar-refractivity contribution is 7.46. The van der Waals surface area contributed by atoms with Crippen LogP contribution >= 0.6 is 7.82 Å². The molecule has 1 aliphatic rings. The maximum absolute atomic E-state index is 12.2. The van der Waals surface area contributed by atoms with Gasteiger partial charge in [-0.1, -0.05) is 0 Å². The summed E-state index contributed by atoms with van der Waals surface area (Å²) in [5.41, 5.74) is 6.10. The van der Waals surface area contributed by atoms with Gasteiger partial charge >= 0.3 is 7.82 Å². The predicted molar refractivity (Wildman–Crippen MR) is 90.1 cm³/mol. The first-order valence-corrected chi connectivity index (χ1v) is 9.02. The number of H-pyrrole nitrogens is 1. The van der Waals surface area contributed by atoms with Gasteiger partial charge in [-0.3, -0.25) is 14.3 Å². The lowest BCUT2D eigenvalue weighted by atomic mass is 10.2. The van der Waals surface area contributed by atoms with Crippen LogP contribution in [-0.2, 0) is 20.4 Å². The number of aliphatic hydroxyl groups excluding tert-OH is 1. The lowest BCUT2D eigenvalue weighted by molar-refractivity contribution is -0.0211. The van der Waals surface area contributed by atoms with Gasteiger partial charge in [-0.2, -0.15) is 4.98 Å². The molecule has 7 N–H and O–H groups in total. The molecule has 0 amide bonds. The molecule has 26 heavy (non-hydrogen) atoms. The Morgan fingerprint density at radius 2 is 2.27 bits per heavy atom. The fourth-order valence-corrected chi connectivity index (χ4v) is 3.06. The zero-order chi connectivity index (χ0) is 19.1. The number of hydrogen-bond acceptors (Lipinski definition) is 8. The second kappa shape index (κ2) is 6.83. The van der Waals surface area contributed by atoms with Crippen LogP contribution in [0.3, 0.4) is 0 Å². The smallest absolute Gasteiger partial charge is 0.469 e. The van der Waals surface area contributed by atoms with Crippen molar-refractivity contribution in [1.82, 2.24) is 19.9 Å². The molecule has 13 heteroatoms. The molecule has 0 bridgehead atoms. The monoisotopic (exact) mass is 387 g/mol. The molecule has 0 radical (unpaired) electrons. The van der Waals surface area contributed by atoms with E-state index in [0.29, 0.717) is 17.5 Å². The Bertz CT molecular complexity index is 962. The molecule has 2 aromatic rings. The van der Waals surface area contributed by atoms with Crippen molar-refractivity contribution in [3.63, 3.8) is 0 Å². The zero-order valence-corrected chi connectivity index (χ0v) is 14.5. The second-order valence-corrected chi connectivity index (χ2v) is 6.87. The quantitative estimate of drug-likeness (QED) is 0.352. The summed E-state index contributed by atoms with van der Waals surface area (Å²) < 4.78 is 22.3. The first-order valence-electron chi connectivity index (χ1n) is 7.49. The molecule has 0 aliphatic carbocycles. The number of phosphoric acid groups is 1. The normalized spacial score (nSPS) is 20.7. The molecule has 3 rings (SSSR count). The lowest BCUT2D eigenvalue weighted by Crippen LogP contribution is -2.20. The molecule has 1 aliphatic heterocycles. The van der Waals surface area contributed by atoms with Gasteiger partial charge in [-0.05, 0) is 12.6 Å². The second-order valence-electron chi connectivity index (χ2n) is 5.63. The number of fused-ring (bicyclic) bond motifs is 1. The van der Waals surface area contributed by atoms with Crippen LogP contribution in [0.1, 0.15) is 11.8 Å². The van der Waals surface area contributed by atoms with Crippen LogP contribution in [0.2, 0.25) is 0 Å². The summed E-state index contributed by atoms with van der Waals surface area (Å²) in [6, 6.07) is 0. The van der Waals surface area contributed by atoms with E-state index in [9.17, 15) is 14.5 Å². The van der Waals surface area contributed by atoms with Crippen LogP contribution in [0.5, 0.6) is 0 Å². The number of phosphoric ester groups is 1. The average molecular weight is 387 g/mol. The van der Waals surface area contributed by atoms with Gasteiger partial charge in [-0.25, -0.2) is 4.57 Å². The fraction of sp³-hybridized carbons (Fsp3) is 0.385. The summed E-state index contributed by atoms with van der Waals surface area (Å²) in [5.74, 6) is -0.330. The van der Waals surface area contributed by atoms with Crippen molar-refractivity contribution in [1.29, 1.82) is 0 Å². The SMILES string of the molecule is CNCc1cn(C2C=C(O)C(COP(=O)(O)O)O2)c2nc(N)[nH]c(=O)c12. The van der Waals surface area contributed by atoms with Crippen molar-refractivity contribution >= 4 is 24.8 Å². The number of nitrogens with two attached hydrogens (primary N) is 1. The number of aromatic nitrogens is 3. The Labute approximate surface area is 146 Å². The van der Waals surface area contributed by atoms with Crippen molar-refractivity contribution in [2.24, 2.45) is 0 Å². The van der Waals surface area contributed by atoms with Gasteiger partial charge in [-0.15, -0.1) is 0 Å². The molecule has 3 heterocycles. The number of aromatic amines is 1. The van der Waals surface area contributed by atoms with Crippen LogP contribution < -0.4 is 16.6 Å². The van der Waals surface area contributed by atoms with Crippen LogP contribution in [-0.4, -0.2) is 49.2 Å². The van der Waals surface area contributed by atoms with E-state index < -0.39 is 32.3 Å². The molecule has 12 nitrogen and oxygen atoms in total. The maximum atomic E-state index is 12.2. The molecule has 2 unspecified atom stereocenters. The molecular formula is C13H18N5O7P. The van der Waals surface area contributed by atoms with E-state index in [4.69, 9.17) is 20.3 Å². The molecule has 0 spiro atoms. The Hall–Kier alpha value is -2.21. The van der Waals surface area contributed by atoms with Gasteiger partial charge in [0.15, 0.2) is 11.9 Å². The summed E-state index contributed by atoms with van der Waals surface area (Å²) >= 11 is 0. The lowest BCUT2D eigenvalue weighted by Gasteiger charge is -2.16. The molecule has 2 aromatic heterocycles. The van der Waals surface area contributed by atoms with E-state index >= 15 is 0 Å². The fourth-order valence-electron chi connectivity index (χ4n) is 2.73. The summed E-state index contributed by atoms with van der Waals surface area (Å²) in [4.78, 5) is 36.3. The van der Waals surface area contributed by atoms with Crippen LogP contribution in [0.4, 0.5) is 5.95 Å². The van der Waals surface area contributed by atoms with Crippen molar-refractivity contribution in [2.75, 3.05) is 19.4 Å². The molecule has 0 saturated carbocycles. The Balaban J connectivity index is 1.96. The third-order valence-corrected chi connectivity index (χ3v) is 4.25. The summed E-state index contributed by atoms with van der Waals surface area (Å²) in [7, 11) is -2.98. The van der Waals surface area contributed by atoms with Gasteiger partial charge in [0.05, 0.1) is 12.0 Å². The van der Waals surface area contributed by atoms with E-state index in [0.717, 1.165) is 0 Å². The number of ether oxygens (including phenoxy) is 1. The molecule has 142 valence electrons. The number of nitrogens with zero attached hydrogens (tertiary/aromatic N) is 2. The van der Waals surface area contributed by atoms with Crippen LogP contribution in [0.25, 0.3) is 11.0 Å².